The fourth-order valence-electron chi connectivity index (χ4n) is 2.99. The molecule has 0 amide bonds. The Hall–Kier alpha value is -2.01. The summed E-state index contributed by atoms with van der Waals surface area (Å²) in [6.07, 6.45) is 9.55. The van der Waals surface area contributed by atoms with Crippen LogP contribution in [-0.2, 0) is 6.54 Å². The minimum atomic E-state index is -0.421. The quantitative estimate of drug-likeness (QED) is 0.614. The molecule has 0 aliphatic carbocycles. The molecule has 2 N–H and O–H groups in total. The standard InChI is InChI=1S/C21H25N3O.ClH/c1-16(4-2-6-21(25)20-5-3-10-22-15-20)24-13-17-7-8-19-14-23-11-9-18(19)12-17;/h3,5,7-12,14-16,21,24-25H,2,4,6,13H2,1H3;1H/t16-,21?;/m1./s1. The van der Waals surface area contributed by atoms with Gasteiger partial charge in [-0.2, -0.15) is 0 Å². The van der Waals surface area contributed by atoms with Crippen molar-refractivity contribution in [3.63, 3.8) is 0 Å². The maximum absolute atomic E-state index is 10.2. The van der Waals surface area contributed by atoms with E-state index in [-0.39, 0.29) is 12.4 Å². The number of aliphatic hydroxyl groups is 1. The zero-order chi connectivity index (χ0) is 17.5. The van der Waals surface area contributed by atoms with Crippen molar-refractivity contribution in [1.82, 2.24) is 15.3 Å². The molecular weight excluding hydrogens is 346 g/mol. The van der Waals surface area contributed by atoms with E-state index in [0.29, 0.717) is 6.04 Å². The first-order chi connectivity index (χ1) is 12.2. The second-order valence-electron chi connectivity index (χ2n) is 6.57. The maximum atomic E-state index is 10.2. The molecule has 0 aliphatic rings. The first kappa shape index (κ1) is 20.3. The molecule has 138 valence electrons. The summed E-state index contributed by atoms with van der Waals surface area (Å²) in [6.45, 7) is 3.05. The van der Waals surface area contributed by atoms with Gasteiger partial charge in [-0.05, 0) is 60.9 Å². The lowest BCUT2D eigenvalue weighted by Gasteiger charge is -2.16. The monoisotopic (exact) mass is 371 g/mol. The van der Waals surface area contributed by atoms with Crippen molar-refractivity contribution in [2.75, 3.05) is 0 Å². The highest BCUT2D eigenvalue weighted by molar-refractivity contribution is 5.85. The van der Waals surface area contributed by atoms with Gasteiger partial charge < -0.3 is 10.4 Å². The highest BCUT2D eigenvalue weighted by Gasteiger charge is 2.09. The Morgan fingerprint density at radius 2 is 1.85 bits per heavy atom. The van der Waals surface area contributed by atoms with Crippen LogP contribution in [0.3, 0.4) is 0 Å². The molecule has 0 aliphatic heterocycles. The molecule has 3 aromatic rings. The molecule has 0 spiro atoms. The molecule has 2 aromatic heterocycles. The van der Waals surface area contributed by atoms with Crippen LogP contribution in [0.25, 0.3) is 10.8 Å². The molecular formula is C21H26ClN3O. The molecule has 5 heteroatoms. The third kappa shape index (κ3) is 5.77. The maximum Gasteiger partial charge on any atom is 0.0804 e. The van der Waals surface area contributed by atoms with Gasteiger partial charge in [-0.25, -0.2) is 0 Å². The van der Waals surface area contributed by atoms with E-state index in [1.165, 1.54) is 16.3 Å². The Labute approximate surface area is 161 Å². The number of aliphatic hydroxyl groups excluding tert-OH is 1. The highest BCUT2D eigenvalue weighted by atomic mass is 35.5. The first-order valence-electron chi connectivity index (χ1n) is 8.86. The average molecular weight is 372 g/mol. The predicted molar refractivity (Wildman–Crippen MR) is 108 cm³/mol. The van der Waals surface area contributed by atoms with Crippen molar-refractivity contribution in [3.8, 4) is 0 Å². The molecule has 0 radical (unpaired) electrons. The highest BCUT2D eigenvalue weighted by Crippen LogP contribution is 2.19. The van der Waals surface area contributed by atoms with Gasteiger partial charge in [-0.3, -0.25) is 9.97 Å². The van der Waals surface area contributed by atoms with Crippen molar-refractivity contribution in [1.29, 1.82) is 0 Å². The Morgan fingerprint density at radius 1 is 1.00 bits per heavy atom. The van der Waals surface area contributed by atoms with Crippen LogP contribution in [0.4, 0.5) is 0 Å². The van der Waals surface area contributed by atoms with Gasteiger partial charge in [0, 0.05) is 42.8 Å². The molecule has 2 atom stereocenters. The van der Waals surface area contributed by atoms with Crippen LogP contribution < -0.4 is 5.32 Å². The lowest BCUT2D eigenvalue weighted by molar-refractivity contribution is 0.162. The topological polar surface area (TPSA) is 58.0 Å². The summed E-state index contributed by atoms with van der Waals surface area (Å²) >= 11 is 0. The van der Waals surface area contributed by atoms with Crippen molar-refractivity contribution >= 4 is 23.2 Å². The molecule has 1 unspecified atom stereocenters. The summed E-state index contributed by atoms with van der Waals surface area (Å²) in [5.41, 5.74) is 2.18. The van der Waals surface area contributed by atoms with Crippen LogP contribution in [0.15, 0.2) is 61.2 Å². The fraction of sp³-hybridized carbons (Fsp3) is 0.333. The SMILES string of the molecule is C[C@H](CCCC(O)c1cccnc1)NCc1ccc2cnccc2c1.Cl. The van der Waals surface area contributed by atoms with Crippen molar-refractivity contribution in [2.45, 2.75) is 44.9 Å². The van der Waals surface area contributed by atoms with Gasteiger partial charge in [-0.15, -0.1) is 12.4 Å². The molecule has 4 nitrogen and oxygen atoms in total. The molecule has 2 heterocycles. The molecule has 0 saturated heterocycles. The number of nitrogens with zero attached hydrogens (tertiary/aromatic N) is 2. The molecule has 26 heavy (non-hydrogen) atoms. The van der Waals surface area contributed by atoms with Gasteiger partial charge in [0.25, 0.3) is 0 Å². The number of aromatic nitrogens is 2. The van der Waals surface area contributed by atoms with Gasteiger partial charge in [0.1, 0.15) is 0 Å². The Balaban J connectivity index is 0.00000243. The smallest absolute Gasteiger partial charge is 0.0804 e. The van der Waals surface area contributed by atoms with Crippen LogP contribution >= 0.6 is 12.4 Å². The third-order valence-electron chi connectivity index (χ3n) is 4.54. The first-order valence-corrected chi connectivity index (χ1v) is 8.86. The van der Waals surface area contributed by atoms with E-state index < -0.39 is 6.10 Å². The minimum Gasteiger partial charge on any atom is -0.388 e. The van der Waals surface area contributed by atoms with Crippen molar-refractivity contribution in [2.24, 2.45) is 0 Å². The molecule has 3 rings (SSSR count). The number of pyridine rings is 2. The second kappa shape index (κ2) is 10.2. The normalized spacial score (nSPS) is 13.2. The van der Waals surface area contributed by atoms with E-state index in [1.54, 1.807) is 12.4 Å². The number of rotatable bonds is 8. The van der Waals surface area contributed by atoms with Crippen molar-refractivity contribution in [3.05, 3.63) is 72.3 Å². The lowest BCUT2D eigenvalue weighted by Crippen LogP contribution is -2.25. The van der Waals surface area contributed by atoms with Gasteiger partial charge in [0.05, 0.1) is 6.10 Å². The van der Waals surface area contributed by atoms with E-state index in [1.807, 2.05) is 30.6 Å². The summed E-state index contributed by atoms with van der Waals surface area (Å²) in [4.78, 5) is 8.20. The van der Waals surface area contributed by atoms with E-state index in [2.05, 4.69) is 40.4 Å². The zero-order valence-electron chi connectivity index (χ0n) is 15.0. The number of nitrogens with one attached hydrogen (secondary N) is 1. The number of hydrogen-bond donors (Lipinski definition) is 2. The molecule has 0 saturated carbocycles. The third-order valence-corrected chi connectivity index (χ3v) is 4.54. The summed E-state index contributed by atoms with van der Waals surface area (Å²) in [5.74, 6) is 0. The largest absolute Gasteiger partial charge is 0.388 e. The summed E-state index contributed by atoms with van der Waals surface area (Å²) < 4.78 is 0. The van der Waals surface area contributed by atoms with Crippen LogP contribution in [0.2, 0.25) is 0 Å². The van der Waals surface area contributed by atoms with Gasteiger partial charge in [-0.1, -0.05) is 18.2 Å². The van der Waals surface area contributed by atoms with Crippen LogP contribution in [0.5, 0.6) is 0 Å². The second-order valence-corrected chi connectivity index (χ2v) is 6.57. The Morgan fingerprint density at radius 3 is 2.65 bits per heavy atom. The summed E-state index contributed by atoms with van der Waals surface area (Å²) in [7, 11) is 0. The molecule has 0 fully saturated rings. The van der Waals surface area contributed by atoms with Crippen LogP contribution in [0.1, 0.15) is 43.4 Å². The number of fused-ring (bicyclic) bond motifs is 1. The number of halogens is 1. The van der Waals surface area contributed by atoms with E-state index in [9.17, 15) is 5.11 Å². The predicted octanol–water partition coefficient (Wildman–Crippen LogP) is 4.43. The lowest BCUT2D eigenvalue weighted by atomic mass is 10.0. The minimum absolute atomic E-state index is 0. The number of benzene rings is 1. The van der Waals surface area contributed by atoms with E-state index >= 15 is 0 Å². The Bertz CT molecular complexity index is 797. The number of hydrogen-bond acceptors (Lipinski definition) is 4. The van der Waals surface area contributed by atoms with Gasteiger partial charge in [0.2, 0.25) is 0 Å². The fourth-order valence-corrected chi connectivity index (χ4v) is 2.99. The average Bonchev–Trinajstić information content (AvgIpc) is 2.67. The van der Waals surface area contributed by atoms with Crippen LogP contribution in [0, 0.1) is 0 Å². The van der Waals surface area contributed by atoms with Gasteiger partial charge in [0.15, 0.2) is 0 Å². The molecule has 1 aromatic carbocycles. The van der Waals surface area contributed by atoms with E-state index in [4.69, 9.17) is 0 Å². The summed E-state index contributed by atoms with van der Waals surface area (Å²) in [5, 5.41) is 16.1. The van der Waals surface area contributed by atoms with Gasteiger partial charge >= 0.3 is 0 Å². The summed E-state index contributed by atoms with van der Waals surface area (Å²) in [6, 6.07) is 12.7. The van der Waals surface area contributed by atoms with Crippen LogP contribution in [-0.4, -0.2) is 21.1 Å². The molecule has 0 bridgehead atoms. The van der Waals surface area contributed by atoms with E-state index in [0.717, 1.165) is 31.4 Å². The Kier molecular flexibility index (Phi) is 7.98. The van der Waals surface area contributed by atoms with Crippen molar-refractivity contribution < 1.29 is 5.11 Å². The zero-order valence-corrected chi connectivity index (χ0v) is 15.8.